The highest BCUT2D eigenvalue weighted by Gasteiger charge is 2.33. The summed E-state index contributed by atoms with van der Waals surface area (Å²) in [5, 5.41) is 4.73. The first-order valence-corrected chi connectivity index (χ1v) is 9.40. The molecule has 140 valence electrons. The standard InChI is InChI=1S/C22H24N2O3/c1-24(2)11-12-27-16-6-8-17-15(13-16)4-3-14-5-7-18(21(14)17)19-9-10-20(25)23-22(19)26/h3-4,6-8,13,19H,5,9-12H2,1-2H3,(H,23,25,26)/t19-/m1/s1. The van der Waals surface area contributed by atoms with E-state index in [2.05, 4.69) is 40.6 Å². The van der Waals surface area contributed by atoms with Crippen molar-refractivity contribution in [3.63, 3.8) is 0 Å². The maximum absolute atomic E-state index is 12.4. The predicted molar refractivity (Wildman–Crippen MR) is 106 cm³/mol. The molecule has 2 aromatic carbocycles. The van der Waals surface area contributed by atoms with Crippen molar-refractivity contribution in [1.29, 1.82) is 0 Å². The van der Waals surface area contributed by atoms with Crippen molar-refractivity contribution in [1.82, 2.24) is 10.2 Å². The lowest BCUT2D eigenvalue weighted by Gasteiger charge is -2.23. The third kappa shape index (κ3) is 3.47. The van der Waals surface area contributed by atoms with Gasteiger partial charge in [0.1, 0.15) is 12.4 Å². The van der Waals surface area contributed by atoms with Crippen LogP contribution in [0.1, 0.15) is 24.0 Å². The van der Waals surface area contributed by atoms with Gasteiger partial charge in [0.15, 0.2) is 0 Å². The average molecular weight is 364 g/mol. The number of likely N-dealkylation sites (N-methyl/N-ethyl adjacent to an activating group) is 1. The van der Waals surface area contributed by atoms with Crippen LogP contribution in [0.25, 0.3) is 16.3 Å². The summed E-state index contributed by atoms with van der Waals surface area (Å²) in [7, 11) is 4.05. The van der Waals surface area contributed by atoms with Crippen molar-refractivity contribution in [2.45, 2.75) is 19.3 Å². The minimum absolute atomic E-state index is 0.174. The molecule has 2 amide bonds. The van der Waals surface area contributed by atoms with Gasteiger partial charge in [0, 0.05) is 13.0 Å². The number of carbonyl (C=O) groups excluding carboxylic acids is 2. The van der Waals surface area contributed by atoms with E-state index in [9.17, 15) is 9.59 Å². The molecule has 1 fully saturated rings. The summed E-state index contributed by atoms with van der Waals surface area (Å²) in [4.78, 5) is 25.9. The van der Waals surface area contributed by atoms with E-state index in [1.54, 1.807) is 0 Å². The van der Waals surface area contributed by atoms with Crippen molar-refractivity contribution >= 4 is 28.2 Å². The molecule has 0 bridgehead atoms. The van der Waals surface area contributed by atoms with Gasteiger partial charge < -0.3 is 9.64 Å². The second kappa shape index (κ2) is 7.16. The number of nitrogens with one attached hydrogen (secondary N) is 1. The summed E-state index contributed by atoms with van der Waals surface area (Å²) in [6.45, 7) is 1.51. The SMILES string of the molecule is CN(C)CCOc1ccc2c3c(ccc2c1)CC=C3[C@H]1CCC(=O)NC1=O. The number of amides is 2. The Morgan fingerprint density at radius 3 is 2.81 bits per heavy atom. The van der Waals surface area contributed by atoms with Gasteiger partial charge >= 0.3 is 0 Å². The fourth-order valence-electron chi connectivity index (χ4n) is 3.93. The van der Waals surface area contributed by atoms with Gasteiger partial charge in [0.2, 0.25) is 11.8 Å². The highest BCUT2D eigenvalue weighted by atomic mass is 16.5. The number of fused-ring (bicyclic) bond motifs is 3. The first kappa shape index (κ1) is 17.7. The third-order valence-corrected chi connectivity index (χ3v) is 5.33. The molecular formula is C22H24N2O3. The molecule has 0 saturated carbocycles. The molecule has 1 saturated heterocycles. The molecule has 1 atom stereocenters. The van der Waals surface area contributed by atoms with Crippen molar-refractivity contribution in [3.05, 3.63) is 47.5 Å². The van der Waals surface area contributed by atoms with Crippen LogP contribution in [0.4, 0.5) is 0 Å². The van der Waals surface area contributed by atoms with Gasteiger partial charge in [0.05, 0.1) is 5.92 Å². The molecular weight excluding hydrogens is 340 g/mol. The number of ether oxygens (including phenoxy) is 1. The number of hydrogen-bond acceptors (Lipinski definition) is 4. The highest BCUT2D eigenvalue weighted by molar-refractivity contribution is 6.08. The topological polar surface area (TPSA) is 58.6 Å². The van der Waals surface area contributed by atoms with E-state index in [0.717, 1.165) is 40.6 Å². The summed E-state index contributed by atoms with van der Waals surface area (Å²) in [6.07, 6.45) is 3.96. The number of piperidine rings is 1. The maximum Gasteiger partial charge on any atom is 0.234 e. The molecule has 1 N–H and O–H groups in total. The monoisotopic (exact) mass is 364 g/mol. The van der Waals surface area contributed by atoms with Gasteiger partial charge in [-0.2, -0.15) is 0 Å². The van der Waals surface area contributed by atoms with E-state index in [0.29, 0.717) is 19.4 Å². The predicted octanol–water partition coefficient (Wildman–Crippen LogP) is 2.77. The first-order valence-electron chi connectivity index (χ1n) is 9.40. The van der Waals surface area contributed by atoms with Crippen LogP contribution in [0.15, 0.2) is 36.4 Å². The zero-order valence-corrected chi connectivity index (χ0v) is 15.7. The van der Waals surface area contributed by atoms with Gasteiger partial charge in [-0.05, 0) is 66.5 Å². The smallest absolute Gasteiger partial charge is 0.234 e. The molecule has 0 aromatic heterocycles. The van der Waals surface area contributed by atoms with Crippen molar-refractivity contribution < 1.29 is 14.3 Å². The Hall–Kier alpha value is -2.66. The van der Waals surface area contributed by atoms with Gasteiger partial charge in [0.25, 0.3) is 0 Å². The molecule has 27 heavy (non-hydrogen) atoms. The lowest BCUT2D eigenvalue weighted by Crippen LogP contribution is -2.41. The number of allylic oxidation sites excluding steroid dienone is 1. The minimum atomic E-state index is -0.245. The van der Waals surface area contributed by atoms with Crippen LogP contribution >= 0.6 is 0 Å². The van der Waals surface area contributed by atoms with Crippen molar-refractivity contribution in [2.24, 2.45) is 5.92 Å². The number of benzene rings is 2. The summed E-state index contributed by atoms with van der Waals surface area (Å²) in [5.41, 5.74) is 3.45. The Balaban J connectivity index is 1.64. The van der Waals surface area contributed by atoms with Crippen LogP contribution in [0, 0.1) is 5.92 Å². The Labute approximate surface area is 159 Å². The molecule has 1 heterocycles. The van der Waals surface area contributed by atoms with Crippen LogP contribution in [-0.4, -0.2) is 44.0 Å². The lowest BCUT2D eigenvalue weighted by molar-refractivity contribution is -0.134. The van der Waals surface area contributed by atoms with Gasteiger partial charge in [-0.3, -0.25) is 14.9 Å². The number of rotatable bonds is 5. The Bertz CT molecular complexity index is 946. The molecule has 0 spiro atoms. The molecule has 4 rings (SSSR count). The van der Waals surface area contributed by atoms with Crippen LogP contribution in [0.2, 0.25) is 0 Å². The summed E-state index contributed by atoms with van der Waals surface area (Å²) in [6, 6.07) is 10.4. The number of hydrogen-bond donors (Lipinski definition) is 1. The number of nitrogens with zero attached hydrogens (tertiary/aromatic N) is 1. The Morgan fingerprint density at radius 1 is 1.19 bits per heavy atom. The average Bonchev–Trinajstić information content (AvgIpc) is 3.05. The summed E-state index contributed by atoms with van der Waals surface area (Å²) < 4.78 is 5.86. The van der Waals surface area contributed by atoms with E-state index in [1.165, 1.54) is 5.56 Å². The van der Waals surface area contributed by atoms with Crippen LogP contribution in [0.3, 0.4) is 0 Å². The quantitative estimate of drug-likeness (QED) is 0.829. The van der Waals surface area contributed by atoms with Crippen molar-refractivity contribution in [3.8, 4) is 5.75 Å². The fraction of sp³-hybridized carbons (Fsp3) is 0.364. The molecule has 5 heteroatoms. The molecule has 5 nitrogen and oxygen atoms in total. The van der Waals surface area contributed by atoms with Gasteiger partial charge in [-0.15, -0.1) is 0 Å². The molecule has 1 aliphatic carbocycles. The van der Waals surface area contributed by atoms with E-state index in [-0.39, 0.29) is 17.7 Å². The summed E-state index contributed by atoms with van der Waals surface area (Å²) >= 11 is 0. The van der Waals surface area contributed by atoms with E-state index >= 15 is 0 Å². The maximum atomic E-state index is 12.4. The molecule has 2 aliphatic rings. The zero-order valence-electron chi connectivity index (χ0n) is 15.7. The van der Waals surface area contributed by atoms with Crippen LogP contribution in [-0.2, 0) is 16.0 Å². The second-order valence-electron chi connectivity index (χ2n) is 7.50. The molecule has 0 unspecified atom stereocenters. The third-order valence-electron chi connectivity index (χ3n) is 5.33. The minimum Gasteiger partial charge on any atom is -0.492 e. The normalized spacial score (nSPS) is 19.2. The Kier molecular flexibility index (Phi) is 4.70. The molecule has 0 radical (unpaired) electrons. The molecule has 2 aromatic rings. The number of carbonyl (C=O) groups is 2. The zero-order chi connectivity index (χ0) is 19.0. The molecule has 1 aliphatic heterocycles. The first-order chi connectivity index (χ1) is 13.0. The van der Waals surface area contributed by atoms with Crippen LogP contribution in [0.5, 0.6) is 5.75 Å². The highest BCUT2D eigenvalue weighted by Crippen LogP contribution is 2.41. The largest absolute Gasteiger partial charge is 0.492 e. The van der Waals surface area contributed by atoms with Crippen LogP contribution < -0.4 is 10.1 Å². The van der Waals surface area contributed by atoms with E-state index < -0.39 is 0 Å². The van der Waals surface area contributed by atoms with E-state index in [4.69, 9.17) is 4.74 Å². The fourth-order valence-corrected chi connectivity index (χ4v) is 3.93. The number of imide groups is 1. The summed E-state index contributed by atoms with van der Waals surface area (Å²) in [5.74, 6) is 0.262. The van der Waals surface area contributed by atoms with E-state index in [1.807, 2.05) is 20.2 Å². The second-order valence-corrected chi connectivity index (χ2v) is 7.50. The Morgan fingerprint density at radius 2 is 2.04 bits per heavy atom. The lowest BCUT2D eigenvalue weighted by atomic mass is 9.85. The van der Waals surface area contributed by atoms with Crippen molar-refractivity contribution in [2.75, 3.05) is 27.2 Å². The van der Waals surface area contributed by atoms with Gasteiger partial charge in [-0.25, -0.2) is 0 Å². The van der Waals surface area contributed by atoms with Gasteiger partial charge in [-0.1, -0.05) is 24.3 Å².